The Hall–Kier alpha value is -3.26. The van der Waals surface area contributed by atoms with Gasteiger partial charge < -0.3 is 14.0 Å². The molecule has 0 fully saturated rings. The standard InChI is InChI=1S/C26H31O2S.C7H8O3S/c1-25(2,3)27-20-12-10-16-23(18-20)29(22-14-8-7-9-15-22)24-17-11-13-21(19-24)28-26(4,5)6;1-6-2-4-7(5-3-6)11(8,9)10/h7-19H,1-6H3;2-5H,1H3,(H,8,9,10)/q+1;/p-1. The normalized spacial score (nSPS) is 11.9. The highest BCUT2D eigenvalue weighted by atomic mass is 32.2. The first-order chi connectivity index (χ1) is 18.6. The van der Waals surface area contributed by atoms with Gasteiger partial charge in [-0.1, -0.05) is 48.0 Å². The number of ether oxygens (including phenoxy) is 2. The highest BCUT2D eigenvalue weighted by molar-refractivity contribution is 7.97. The third-order valence-electron chi connectivity index (χ3n) is 5.22. The van der Waals surface area contributed by atoms with Crippen LogP contribution in [0.5, 0.6) is 11.5 Å². The first-order valence-corrected chi connectivity index (χ1v) is 15.6. The van der Waals surface area contributed by atoms with E-state index >= 15 is 0 Å². The van der Waals surface area contributed by atoms with Crippen LogP contribution in [0, 0.1) is 6.92 Å². The molecule has 0 saturated heterocycles. The Morgan fingerprint density at radius 1 is 0.600 bits per heavy atom. The Balaban J connectivity index is 0.000000336. The molecule has 4 rings (SSSR count). The molecule has 0 saturated carbocycles. The zero-order valence-electron chi connectivity index (χ0n) is 24.2. The smallest absolute Gasteiger partial charge is 0.170 e. The lowest BCUT2D eigenvalue weighted by Gasteiger charge is -2.22. The monoisotopic (exact) mass is 578 g/mol. The van der Waals surface area contributed by atoms with E-state index in [9.17, 15) is 13.0 Å². The second kappa shape index (κ2) is 12.9. The van der Waals surface area contributed by atoms with Crippen LogP contribution in [0.15, 0.2) is 123 Å². The summed E-state index contributed by atoms with van der Waals surface area (Å²) >= 11 is 0. The van der Waals surface area contributed by atoms with E-state index in [0.29, 0.717) is 0 Å². The molecule has 0 aliphatic carbocycles. The van der Waals surface area contributed by atoms with Crippen molar-refractivity contribution >= 4 is 21.0 Å². The highest BCUT2D eigenvalue weighted by Crippen LogP contribution is 2.35. The van der Waals surface area contributed by atoms with Gasteiger partial charge in [-0.3, -0.25) is 0 Å². The molecule has 0 aromatic heterocycles. The van der Waals surface area contributed by atoms with Gasteiger partial charge in [0, 0.05) is 12.1 Å². The van der Waals surface area contributed by atoms with Crippen molar-refractivity contribution in [3.8, 4) is 11.5 Å². The summed E-state index contributed by atoms with van der Waals surface area (Å²) in [5, 5.41) is 0. The number of benzene rings is 4. The Labute approximate surface area is 242 Å². The summed E-state index contributed by atoms with van der Waals surface area (Å²) in [7, 11) is -4.52. The van der Waals surface area contributed by atoms with Gasteiger partial charge in [0.2, 0.25) is 0 Å². The maximum absolute atomic E-state index is 10.4. The van der Waals surface area contributed by atoms with E-state index in [1.807, 2.05) is 19.1 Å². The minimum atomic E-state index is -4.27. The third kappa shape index (κ3) is 10.0. The van der Waals surface area contributed by atoms with Gasteiger partial charge in [-0.05, 0) is 97.0 Å². The number of hydrogen-bond donors (Lipinski definition) is 0. The molecule has 0 unspecified atom stereocenters. The maximum Gasteiger partial charge on any atom is 0.170 e. The van der Waals surface area contributed by atoms with E-state index in [0.717, 1.165) is 17.1 Å². The minimum Gasteiger partial charge on any atom is -0.744 e. The molecule has 0 N–H and O–H groups in total. The molecule has 0 aliphatic rings. The number of rotatable bonds is 6. The molecule has 0 heterocycles. The van der Waals surface area contributed by atoms with Crippen LogP contribution in [0.25, 0.3) is 0 Å². The molecule has 40 heavy (non-hydrogen) atoms. The quantitative estimate of drug-likeness (QED) is 0.171. The van der Waals surface area contributed by atoms with Gasteiger partial charge in [0.25, 0.3) is 0 Å². The van der Waals surface area contributed by atoms with Gasteiger partial charge in [0.15, 0.2) is 14.7 Å². The van der Waals surface area contributed by atoms with Crippen molar-refractivity contribution in [1.29, 1.82) is 0 Å². The third-order valence-corrected chi connectivity index (χ3v) is 8.26. The fourth-order valence-corrected chi connectivity index (χ4v) is 6.32. The fourth-order valence-electron chi connectivity index (χ4n) is 3.71. The fraction of sp³-hybridized carbons (Fsp3) is 0.273. The highest BCUT2D eigenvalue weighted by Gasteiger charge is 2.30. The van der Waals surface area contributed by atoms with Crippen molar-refractivity contribution < 1.29 is 22.4 Å². The topological polar surface area (TPSA) is 75.7 Å². The summed E-state index contributed by atoms with van der Waals surface area (Å²) in [5.41, 5.74) is 0.465. The lowest BCUT2D eigenvalue weighted by atomic mass is 10.2. The SMILES string of the molecule is CC(C)(C)Oc1cccc([S+](c2ccccc2)c2cccc(OC(C)(C)C)c2)c1.Cc1ccc(S(=O)(=O)[O-])cc1. The molecule has 0 bridgehead atoms. The molecule has 0 atom stereocenters. The second-order valence-electron chi connectivity index (χ2n) is 11.3. The summed E-state index contributed by atoms with van der Waals surface area (Å²) in [6.45, 7) is 14.3. The molecule has 0 radical (unpaired) electrons. The van der Waals surface area contributed by atoms with Crippen molar-refractivity contribution in [2.75, 3.05) is 0 Å². The van der Waals surface area contributed by atoms with Crippen LogP contribution in [0.1, 0.15) is 47.1 Å². The van der Waals surface area contributed by atoms with Crippen molar-refractivity contribution in [1.82, 2.24) is 0 Å². The maximum atomic E-state index is 10.4. The largest absolute Gasteiger partial charge is 0.744 e. The van der Waals surface area contributed by atoms with E-state index in [2.05, 4.69) is 108 Å². The Morgan fingerprint density at radius 2 is 1.02 bits per heavy atom. The van der Waals surface area contributed by atoms with Crippen LogP contribution in [-0.2, 0) is 21.0 Å². The van der Waals surface area contributed by atoms with Gasteiger partial charge in [0.1, 0.15) is 32.8 Å². The van der Waals surface area contributed by atoms with Crippen molar-refractivity contribution in [3.63, 3.8) is 0 Å². The minimum absolute atomic E-state index is 0.178. The van der Waals surface area contributed by atoms with E-state index < -0.39 is 10.1 Å². The van der Waals surface area contributed by atoms with E-state index in [-0.39, 0.29) is 27.0 Å². The summed E-state index contributed by atoms with van der Waals surface area (Å²) in [6, 6.07) is 33.3. The predicted octanol–water partition coefficient (Wildman–Crippen LogP) is 8.04. The summed E-state index contributed by atoms with van der Waals surface area (Å²) < 4.78 is 43.4. The van der Waals surface area contributed by atoms with Gasteiger partial charge in [-0.15, -0.1) is 0 Å². The van der Waals surface area contributed by atoms with Gasteiger partial charge in [-0.2, -0.15) is 0 Å². The van der Waals surface area contributed by atoms with Gasteiger partial charge in [0.05, 0.1) is 15.8 Å². The first kappa shape index (κ1) is 31.3. The Bertz CT molecular complexity index is 1430. The Morgan fingerprint density at radius 3 is 1.43 bits per heavy atom. The number of aryl methyl sites for hydroxylation is 1. The molecule has 0 spiro atoms. The Kier molecular flexibility index (Phi) is 10.1. The van der Waals surface area contributed by atoms with Gasteiger partial charge in [-0.25, -0.2) is 8.42 Å². The first-order valence-electron chi connectivity index (χ1n) is 13.0. The summed E-state index contributed by atoms with van der Waals surface area (Å²) in [5.74, 6) is 1.79. The molecule has 0 aliphatic heterocycles. The van der Waals surface area contributed by atoms with Gasteiger partial charge >= 0.3 is 0 Å². The van der Waals surface area contributed by atoms with Crippen LogP contribution < -0.4 is 9.47 Å². The van der Waals surface area contributed by atoms with Crippen LogP contribution in [-0.4, -0.2) is 24.2 Å². The average molecular weight is 579 g/mol. The van der Waals surface area contributed by atoms with Crippen LogP contribution in [0.2, 0.25) is 0 Å². The summed E-state index contributed by atoms with van der Waals surface area (Å²) in [4.78, 5) is 3.55. The molecule has 4 aromatic rings. The summed E-state index contributed by atoms with van der Waals surface area (Å²) in [6.07, 6.45) is 0. The molecule has 4 aromatic carbocycles. The number of hydrogen-bond acceptors (Lipinski definition) is 5. The zero-order valence-corrected chi connectivity index (χ0v) is 25.8. The lowest BCUT2D eigenvalue weighted by Crippen LogP contribution is -2.23. The molecule has 0 amide bonds. The molecule has 212 valence electrons. The molecule has 5 nitrogen and oxygen atoms in total. The van der Waals surface area contributed by atoms with Crippen LogP contribution in [0.3, 0.4) is 0 Å². The van der Waals surface area contributed by atoms with Crippen LogP contribution in [0.4, 0.5) is 0 Å². The van der Waals surface area contributed by atoms with Crippen LogP contribution >= 0.6 is 0 Å². The molecular formula is C33H38O5S2. The average Bonchev–Trinajstić information content (AvgIpc) is 2.83. The van der Waals surface area contributed by atoms with E-state index in [1.165, 1.54) is 26.8 Å². The van der Waals surface area contributed by atoms with E-state index in [1.54, 1.807) is 12.1 Å². The molecular weight excluding hydrogens is 540 g/mol. The van der Waals surface area contributed by atoms with Crippen molar-refractivity contribution in [2.45, 2.75) is 79.3 Å². The molecule has 7 heteroatoms. The predicted molar refractivity (Wildman–Crippen MR) is 161 cm³/mol. The zero-order chi connectivity index (χ0) is 29.6. The van der Waals surface area contributed by atoms with Crippen molar-refractivity contribution in [2.24, 2.45) is 0 Å². The lowest BCUT2D eigenvalue weighted by molar-refractivity contribution is 0.130. The van der Waals surface area contributed by atoms with E-state index in [4.69, 9.17) is 9.47 Å². The second-order valence-corrected chi connectivity index (χ2v) is 14.7. The van der Waals surface area contributed by atoms with Crippen molar-refractivity contribution in [3.05, 3.63) is 109 Å².